The minimum atomic E-state index is -0.321. The molecule has 1 amide bonds. The number of ether oxygens (including phenoxy) is 1. The molecule has 7 heteroatoms. The van der Waals surface area contributed by atoms with Crippen LogP contribution in [0.4, 0.5) is 6.01 Å². The molecule has 0 saturated carbocycles. The fraction of sp³-hybridized carbons (Fsp3) is 0.0625. The van der Waals surface area contributed by atoms with Crippen molar-refractivity contribution in [2.24, 2.45) is 0 Å². The van der Waals surface area contributed by atoms with Crippen LogP contribution in [0.5, 0.6) is 5.75 Å². The molecule has 1 aromatic heterocycles. The molecule has 0 atom stereocenters. The van der Waals surface area contributed by atoms with E-state index in [-0.39, 0.29) is 11.9 Å². The van der Waals surface area contributed by atoms with Crippen LogP contribution in [0.3, 0.4) is 0 Å². The zero-order valence-electron chi connectivity index (χ0n) is 12.1. The molecule has 1 heterocycles. The molecule has 23 heavy (non-hydrogen) atoms. The zero-order chi connectivity index (χ0) is 16.2. The lowest BCUT2D eigenvalue weighted by molar-refractivity contribution is 0.102. The molecule has 0 bridgehead atoms. The normalized spacial score (nSPS) is 10.3. The molecule has 0 aliphatic rings. The van der Waals surface area contributed by atoms with E-state index in [4.69, 9.17) is 9.15 Å². The fourth-order valence-corrected chi connectivity index (χ4v) is 2.18. The van der Waals surface area contributed by atoms with Gasteiger partial charge in [0.25, 0.3) is 5.91 Å². The molecule has 0 fully saturated rings. The van der Waals surface area contributed by atoms with Crippen molar-refractivity contribution >= 4 is 27.9 Å². The molecule has 0 radical (unpaired) electrons. The van der Waals surface area contributed by atoms with Crippen LogP contribution in [0.15, 0.2) is 57.4 Å². The van der Waals surface area contributed by atoms with Crippen LogP contribution >= 0.6 is 15.9 Å². The number of anilines is 1. The number of carbonyl (C=O) groups excluding carboxylic acids is 1. The molecule has 3 rings (SSSR count). The van der Waals surface area contributed by atoms with Gasteiger partial charge in [-0.25, -0.2) is 0 Å². The van der Waals surface area contributed by atoms with Crippen LogP contribution in [-0.2, 0) is 0 Å². The van der Waals surface area contributed by atoms with E-state index in [1.165, 1.54) is 0 Å². The summed E-state index contributed by atoms with van der Waals surface area (Å²) in [4.78, 5) is 12.1. The van der Waals surface area contributed by atoms with Crippen LogP contribution in [0.25, 0.3) is 11.5 Å². The average molecular weight is 374 g/mol. The van der Waals surface area contributed by atoms with E-state index in [9.17, 15) is 4.79 Å². The average Bonchev–Trinajstić information content (AvgIpc) is 3.04. The quantitative estimate of drug-likeness (QED) is 0.753. The Labute approximate surface area is 140 Å². The first-order valence-corrected chi connectivity index (χ1v) is 7.50. The highest BCUT2D eigenvalue weighted by Gasteiger charge is 2.13. The van der Waals surface area contributed by atoms with E-state index in [1.54, 1.807) is 37.4 Å². The SMILES string of the molecule is COc1cccc(-c2nnc(NC(=O)c3ccc(Br)cc3)o2)c1. The van der Waals surface area contributed by atoms with Gasteiger partial charge in [0.1, 0.15) is 5.75 Å². The summed E-state index contributed by atoms with van der Waals surface area (Å²) in [7, 11) is 1.58. The van der Waals surface area contributed by atoms with Gasteiger partial charge < -0.3 is 9.15 Å². The minimum absolute atomic E-state index is 0.0377. The first-order chi connectivity index (χ1) is 11.2. The third kappa shape index (κ3) is 3.57. The number of carbonyl (C=O) groups is 1. The molecule has 1 N–H and O–H groups in total. The van der Waals surface area contributed by atoms with Crippen molar-refractivity contribution in [3.05, 3.63) is 58.6 Å². The molecular formula is C16H12BrN3O3. The van der Waals surface area contributed by atoms with Gasteiger partial charge in [0, 0.05) is 15.6 Å². The highest BCUT2D eigenvalue weighted by molar-refractivity contribution is 9.10. The summed E-state index contributed by atoms with van der Waals surface area (Å²) in [6.45, 7) is 0. The van der Waals surface area contributed by atoms with E-state index in [2.05, 4.69) is 31.4 Å². The predicted octanol–water partition coefficient (Wildman–Crippen LogP) is 3.76. The van der Waals surface area contributed by atoms with Crippen LogP contribution < -0.4 is 10.1 Å². The van der Waals surface area contributed by atoms with Crippen LogP contribution in [-0.4, -0.2) is 23.2 Å². The van der Waals surface area contributed by atoms with Gasteiger partial charge in [-0.1, -0.05) is 27.1 Å². The van der Waals surface area contributed by atoms with Crippen molar-refractivity contribution in [2.45, 2.75) is 0 Å². The van der Waals surface area contributed by atoms with Crippen molar-refractivity contribution in [3.8, 4) is 17.2 Å². The Hall–Kier alpha value is -2.67. The Kier molecular flexibility index (Phi) is 4.38. The number of halogens is 1. The van der Waals surface area contributed by atoms with Gasteiger partial charge in [-0.2, -0.15) is 0 Å². The first kappa shape index (κ1) is 15.2. The topological polar surface area (TPSA) is 77.3 Å². The molecule has 0 unspecified atom stereocenters. The van der Waals surface area contributed by atoms with Gasteiger partial charge in [-0.3, -0.25) is 10.1 Å². The maximum absolute atomic E-state index is 12.1. The van der Waals surface area contributed by atoms with Crippen molar-refractivity contribution < 1.29 is 13.9 Å². The van der Waals surface area contributed by atoms with Gasteiger partial charge in [0.05, 0.1) is 7.11 Å². The van der Waals surface area contributed by atoms with Gasteiger partial charge in [0.2, 0.25) is 5.89 Å². The summed E-state index contributed by atoms with van der Waals surface area (Å²) in [6, 6.07) is 14.2. The third-order valence-electron chi connectivity index (χ3n) is 3.07. The largest absolute Gasteiger partial charge is 0.497 e. The standard InChI is InChI=1S/C16H12BrN3O3/c1-22-13-4-2-3-11(9-13)15-19-20-16(23-15)18-14(21)10-5-7-12(17)8-6-10/h2-9H,1H3,(H,18,20,21). The Morgan fingerprint density at radius 3 is 2.70 bits per heavy atom. The molecular weight excluding hydrogens is 362 g/mol. The van der Waals surface area contributed by atoms with Crippen molar-refractivity contribution in [1.82, 2.24) is 10.2 Å². The second kappa shape index (κ2) is 6.62. The highest BCUT2D eigenvalue weighted by atomic mass is 79.9. The first-order valence-electron chi connectivity index (χ1n) is 6.70. The Morgan fingerprint density at radius 2 is 1.96 bits per heavy atom. The number of nitrogens with zero attached hydrogens (tertiary/aromatic N) is 2. The number of benzene rings is 2. The van der Waals surface area contributed by atoms with E-state index >= 15 is 0 Å². The predicted molar refractivity (Wildman–Crippen MR) is 88.4 cm³/mol. The number of methoxy groups -OCH3 is 1. The smallest absolute Gasteiger partial charge is 0.322 e. The summed E-state index contributed by atoms with van der Waals surface area (Å²) >= 11 is 3.32. The summed E-state index contributed by atoms with van der Waals surface area (Å²) in [6.07, 6.45) is 0. The maximum atomic E-state index is 12.1. The number of aromatic nitrogens is 2. The molecule has 0 aliphatic heterocycles. The van der Waals surface area contributed by atoms with E-state index in [0.717, 1.165) is 4.47 Å². The minimum Gasteiger partial charge on any atom is -0.497 e. The Balaban J connectivity index is 1.76. The lowest BCUT2D eigenvalue weighted by atomic mass is 10.2. The summed E-state index contributed by atoms with van der Waals surface area (Å²) < 4.78 is 11.5. The number of amides is 1. The number of hydrogen-bond acceptors (Lipinski definition) is 5. The zero-order valence-corrected chi connectivity index (χ0v) is 13.7. The van der Waals surface area contributed by atoms with Crippen molar-refractivity contribution in [3.63, 3.8) is 0 Å². The van der Waals surface area contributed by atoms with Gasteiger partial charge in [-0.05, 0) is 42.5 Å². The Bertz CT molecular complexity index is 831. The monoisotopic (exact) mass is 373 g/mol. The van der Waals surface area contributed by atoms with Crippen LogP contribution in [0.2, 0.25) is 0 Å². The summed E-state index contributed by atoms with van der Waals surface area (Å²) in [5.74, 6) is 0.662. The summed E-state index contributed by atoms with van der Waals surface area (Å²) in [5, 5.41) is 10.3. The molecule has 116 valence electrons. The van der Waals surface area contributed by atoms with Crippen LogP contribution in [0.1, 0.15) is 10.4 Å². The molecule has 3 aromatic rings. The number of nitrogens with one attached hydrogen (secondary N) is 1. The Morgan fingerprint density at radius 1 is 1.17 bits per heavy atom. The molecule has 0 spiro atoms. The lowest BCUT2D eigenvalue weighted by Gasteiger charge is -2.01. The maximum Gasteiger partial charge on any atom is 0.322 e. The molecule has 6 nitrogen and oxygen atoms in total. The second-order valence-electron chi connectivity index (χ2n) is 4.61. The second-order valence-corrected chi connectivity index (χ2v) is 5.52. The number of hydrogen-bond donors (Lipinski definition) is 1. The van der Waals surface area contributed by atoms with Gasteiger partial charge in [-0.15, -0.1) is 5.10 Å². The van der Waals surface area contributed by atoms with Gasteiger partial charge in [0.15, 0.2) is 0 Å². The molecule has 0 aliphatic carbocycles. The van der Waals surface area contributed by atoms with E-state index < -0.39 is 0 Å². The van der Waals surface area contributed by atoms with Crippen molar-refractivity contribution in [1.29, 1.82) is 0 Å². The highest BCUT2D eigenvalue weighted by Crippen LogP contribution is 2.24. The van der Waals surface area contributed by atoms with Gasteiger partial charge >= 0.3 is 6.01 Å². The summed E-state index contributed by atoms with van der Waals surface area (Å²) in [5.41, 5.74) is 1.20. The fourth-order valence-electron chi connectivity index (χ4n) is 1.92. The molecule has 0 saturated heterocycles. The molecule has 2 aromatic carbocycles. The third-order valence-corrected chi connectivity index (χ3v) is 3.60. The van der Waals surface area contributed by atoms with E-state index in [1.807, 2.05) is 18.2 Å². The lowest BCUT2D eigenvalue weighted by Crippen LogP contribution is -2.11. The van der Waals surface area contributed by atoms with Crippen LogP contribution in [0, 0.1) is 0 Å². The number of rotatable bonds is 4. The van der Waals surface area contributed by atoms with Crippen molar-refractivity contribution in [2.75, 3.05) is 12.4 Å². The van der Waals surface area contributed by atoms with E-state index in [0.29, 0.717) is 22.8 Å².